The van der Waals surface area contributed by atoms with Crippen molar-refractivity contribution >= 4 is 27.5 Å². The van der Waals surface area contributed by atoms with Crippen molar-refractivity contribution < 1.29 is 14.3 Å². The van der Waals surface area contributed by atoms with Crippen LogP contribution >= 0.6 is 15.9 Å². The normalized spacial score (nSPS) is 10.7. The van der Waals surface area contributed by atoms with E-state index in [0.717, 1.165) is 22.3 Å². The Morgan fingerprint density at radius 1 is 1.18 bits per heavy atom. The SMILES string of the molecule is CCn1nccc1-c1cc(NC(=O)c2cccc(Br)c2)ccc1OCCOC. The van der Waals surface area contributed by atoms with Gasteiger partial charge in [0.25, 0.3) is 5.91 Å². The quantitative estimate of drug-likeness (QED) is 0.516. The minimum Gasteiger partial charge on any atom is -0.490 e. The van der Waals surface area contributed by atoms with Crippen molar-refractivity contribution in [1.29, 1.82) is 0 Å². The van der Waals surface area contributed by atoms with Gasteiger partial charge in [0.15, 0.2) is 0 Å². The molecular formula is C21H22BrN3O3. The zero-order chi connectivity index (χ0) is 19.9. The van der Waals surface area contributed by atoms with E-state index in [1.165, 1.54) is 0 Å². The molecule has 0 aliphatic heterocycles. The fraction of sp³-hybridized carbons (Fsp3) is 0.238. The number of nitrogens with zero attached hydrogens (tertiary/aromatic N) is 2. The van der Waals surface area contributed by atoms with Crippen molar-refractivity contribution in [1.82, 2.24) is 9.78 Å². The molecule has 0 saturated carbocycles. The van der Waals surface area contributed by atoms with Crippen LogP contribution in [0.5, 0.6) is 5.75 Å². The molecule has 3 aromatic rings. The lowest BCUT2D eigenvalue weighted by Gasteiger charge is -2.15. The number of amides is 1. The minimum atomic E-state index is -0.177. The van der Waals surface area contributed by atoms with Crippen LogP contribution in [0.25, 0.3) is 11.3 Å². The Morgan fingerprint density at radius 2 is 2.04 bits per heavy atom. The van der Waals surface area contributed by atoms with E-state index in [1.807, 2.05) is 48.0 Å². The molecule has 1 heterocycles. The van der Waals surface area contributed by atoms with Gasteiger partial charge in [0, 0.05) is 41.1 Å². The van der Waals surface area contributed by atoms with Gasteiger partial charge in [0.1, 0.15) is 12.4 Å². The molecule has 0 spiro atoms. The number of hydrogen-bond acceptors (Lipinski definition) is 4. The third-order valence-electron chi connectivity index (χ3n) is 4.16. The standard InChI is InChI=1S/C21H22BrN3O3/c1-3-25-19(9-10-23-25)18-14-17(7-8-20(18)28-12-11-27-2)24-21(26)15-5-4-6-16(22)13-15/h4-10,13-14H,3,11-12H2,1-2H3,(H,24,26). The first-order chi connectivity index (χ1) is 13.6. The van der Waals surface area contributed by atoms with E-state index >= 15 is 0 Å². The molecule has 0 bridgehead atoms. The molecule has 1 aromatic heterocycles. The molecule has 0 fully saturated rings. The molecule has 146 valence electrons. The van der Waals surface area contributed by atoms with E-state index < -0.39 is 0 Å². The van der Waals surface area contributed by atoms with E-state index in [2.05, 4.69) is 26.3 Å². The van der Waals surface area contributed by atoms with Crippen LogP contribution in [0.1, 0.15) is 17.3 Å². The number of carbonyl (C=O) groups excluding carboxylic acids is 1. The average molecular weight is 444 g/mol. The van der Waals surface area contributed by atoms with Crippen LogP contribution in [0, 0.1) is 0 Å². The van der Waals surface area contributed by atoms with Gasteiger partial charge in [-0.3, -0.25) is 9.48 Å². The fourth-order valence-electron chi connectivity index (χ4n) is 2.82. The van der Waals surface area contributed by atoms with Crippen molar-refractivity contribution in [3.8, 4) is 17.0 Å². The highest BCUT2D eigenvalue weighted by Gasteiger charge is 2.14. The number of benzene rings is 2. The maximum atomic E-state index is 12.6. The largest absolute Gasteiger partial charge is 0.490 e. The van der Waals surface area contributed by atoms with Crippen LogP contribution < -0.4 is 10.1 Å². The van der Waals surface area contributed by atoms with Gasteiger partial charge in [-0.25, -0.2) is 0 Å². The highest BCUT2D eigenvalue weighted by molar-refractivity contribution is 9.10. The van der Waals surface area contributed by atoms with Crippen LogP contribution in [0.3, 0.4) is 0 Å². The second-order valence-electron chi connectivity index (χ2n) is 6.05. The summed E-state index contributed by atoms with van der Waals surface area (Å²) in [5, 5.41) is 7.29. The van der Waals surface area contributed by atoms with Gasteiger partial charge in [-0.1, -0.05) is 22.0 Å². The van der Waals surface area contributed by atoms with Crippen LogP contribution in [0.4, 0.5) is 5.69 Å². The summed E-state index contributed by atoms with van der Waals surface area (Å²) in [5.41, 5.74) is 3.05. The zero-order valence-corrected chi connectivity index (χ0v) is 17.4. The molecular weight excluding hydrogens is 422 g/mol. The first-order valence-corrected chi connectivity index (χ1v) is 9.76. The van der Waals surface area contributed by atoms with Gasteiger partial charge in [0.2, 0.25) is 0 Å². The Morgan fingerprint density at radius 3 is 2.79 bits per heavy atom. The first-order valence-electron chi connectivity index (χ1n) is 8.97. The van der Waals surface area contributed by atoms with Crippen molar-refractivity contribution in [3.05, 3.63) is 64.8 Å². The lowest BCUT2D eigenvalue weighted by atomic mass is 10.1. The van der Waals surface area contributed by atoms with Crippen molar-refractivity contribution in [3.63, 3.8) is 0 Å². The number of halogens is 1. The topological polar surface area (TPSA) is 65.4 Å². The average Bonchev–Trinajstić information content (AvgIpc) is 3.17. The molecule has 28 heavy (non-hydrogen) atoms. The molecule has 0 unspecified atom stereocenters. The Balaban J connectivity index is 1.90. The summed E-state index contributed by atoms with van der Waals surface area (Å²) >= 11 is 3.39. The van der Waals surface area contributed by atoms with Crippen LogP contribution in [0.2, 0.25) is 0 Å². The second kappa shape index (κ2) is 9.52. The van der Waals surface area contributed by atoms with Gasteiger partial charge in [-0.2, -0.15) is 5.10 Å². The van der Waals surface area contributed by atoms with E-state index in [9.17, 15) is 4.79 Å². The third kappa shape index (κ3) is 4.79. The molecule has 2 aromatic carbocycles. The molecule has 0 aliphatic rings. The summed E-state index contributed by atoms with van der Waals surface area (Å²) in [5.74, 6) is 0.539. The lowest BCUT2D eigenvalue weighted by Crippen LogP contribution is -2.12. The highest BCUT2D eigenvalue weighted by Crippen LogP contribution is 2.33. The van der Waals surface area contributed by atoms with Crippen molar-refractivity contribution in [2.24, 2.45) is 0 Å². The smallest absolute Gasteiger partial charge is 0.255 e. The summed E-state index contributed by atoms with van der Waals surface area (Å²) in [4.78, 5) is 12.6. The summed E-state index contributed by atoms with van der Waals surface area (Å²) < 4.78 is 13.7. The van der Waals surface area contributed by atoms with E-state index in [4.69, 9.17) is 9.47 Å². The number of aromatic nitrogens is 2. The number of aryl methyl sites for hydroxylation is 1. The van der Waals surface area contributed by atoms with Gasteiger partial charge in [-0.15, -0.1) is 0 Å². The number of anilines is 1. The second-order valence-corrected chi connectivity index (χ2v) is 6.96. The first kappa shape index (κ1) is 20.1. The van der Waals surface area contributed by atoms with Gasteiger partial charge < -0.3 is 14.8 Å². The van der Waals surface area contributed by atoms with E-state index in [1.54, 1.807) is 25.4 Å². The summed E-state index contributed by atoms with van der Waals surface area (Å²) in [6.45, 7) is 3.69. The monoisotopic (exact) mass is 443 g/mol. The van der Waals surface area contributed by atoms with E-state index in [-0.39, 0.29) is 5.91 Å². The molecule has 0 atom stereocenters. The van der Waals surface area contributed by atoms with Crippen LogP contribution in [-0.2, 0) is 11.3 Å². The lowest BCUT2D eigenvalue weighted by molar-refractivity contribution is 0.102. The van der Waals surface area contributed by atoms with Crippen molar-refractivity contribution in [2.75, 3.05) is 25.6 Å². The number of methoxy groups -OCH3 is 1. The minimum absolute atomic E-state index is 0.177. The Labute approximate surface area is 172 Å². The molecule has 0 saturated heterocycles. The number of ether oxygens (including phenoxy) is 2. The predicted octanol–water partition coefficient (Wildman–Crippen LogP) is 4.61. The Hall–Kier alpha value is -2.64. The molecule has 1 amide bonds. The van der Waals surface area contributed by atoms with Gasteiger partial charge >= 0.3 is 0 Å². The molecule has 1 N–H and O–H groups in total. The van der Waals surface area contributed by atoms with Crippen LogP contribution in [0.15, 0.2) is 59.2 Å². The van der Waals surface area contributed by atoms with Crippen molar-refractivity contribution in [2.45, 2.75) is 13.5 Å². The zero-order valence-electron chi connectivity index (χ0n) is 15.8. The summed E-state index contributed by atoms with van der Waals surface area (Å²) in [6.07, 6.45) is 1.75. The highest BCUT2D eigenvalue weighted by atomic mass is 79.9. The summed E-state index contributed by atoms with van der Waals surface area (Å²) in [7, 11) is 1.64. The van der Waals surface area contributed by atoms with E-state index in [0.29, 0.717) is 30.2 Å². The number of rotatable bonds is 8. The number of nitrogens with one attached hydrogen (secondary N) is 1. The van der Waals surface area contributed by atoms with Crippen LogP contribution in [-0.4, -0.2) is 36.0 Å². The third-order valence-corrected chi connectivity index (χ3v) is 4.65. The maximum Gasteiger partial charge on any atom is 0.255 e. The number of hydrogen-bond donors (Lipinski definition) is 1. The Bertz CT molecular complexity index is 956. The molecule has 0 radical (unpaired) electrons. The Kier molecular flexibility index (Phi) is 6.84. The molecule has 7 heteroatoms. The molecule has 3 rings (SSSR count). The predicted molar refractivity (Wildman–Crippen MR) is 113 cm³/mol. The molecule has 0 aliphatic carbocycles. The molecule has 6 nitrogen and oxygen atoms in total. The van der Waals surface area contributed by atoms with Gasteiger partial charge in [-0.05, 0) is 49.4 Å². The number of carbonyl (C=O) groups is 1. The maximum absolute atomic E-state index is 12.6. The summed E-state index contributed by atoms with van der Waals surface area (Å²) in [6, 6.07) is 14.8. The van der Waals surface area contributed by atoms with Gasteiger partial charge in [0.05, 0.1) is 12.3 Å². The fourth-order valence-corrected chi connectivity index (χ4v) is 3.21.